The van der Waals surface area contributed by atoms with E-state index in [4.69, 9.17) is 9.47 Å². The van der Waals surface area contributed by atoms with Crippen LogP contribution in [0, 0.1) is 0 Å². The van der Waals surface area contributed by atoms with Gasteiger partial charge in [0.25, 0.3) is 0 Å². The quantitative estimate of drug-likeness (QED) is 0.566. The molecule has 29 heavy (non-hydrogen) atoms. The zero-order valence-corrected chi connectivity index (χ0v) is 17.4. The highest BCUT2D eigenvalue weighted by Gasteiger charge is 2.27. The molecule has 156 valence electrons. The van der Waals surface area contributed by atoms with E-state index >= 15 is 0 Å². The standard InChI is InChI=1S/C21H26N2O5S/c1-4-13-22-21(24)16-23(14-12-17-8-6-5-7-9-17)29(25,26)18-10-11-19(27-2)20(15-18)28-3/h4-11,15H,1,12-14,16H2,2-3H3,(H,22,24). The highest BCUT2D eigenvalue weighted by Crippen LogP contribution is 2.30. The Balaban J connectivity index is 2.31. The monoisotopic (exact) mass is 418 g/mol. The van der Waals surface area contributed by atoms with Crippen LogP contribution in [0.15, 0.2) is 66.1 Å². The lowest BCUT2D eigenvalue weighted by atomic mass is 10.1. The van der Waals surface area contributed by atoms with Crippen LogP contribution >= 0.6 is 0 Å². The summed E-state index contributed by atoms with van der Waals surface area (Å²) < 4.78 is 38.1. The third-order valence-electron chi connectivity index (χ3n) is 4.25. The Morgan fingerprint density at radius 1 is 1.10 bits per heavy atom. The van der Waals surface area contributed by atoms with Crippen LogP contribution in [0.2, 0.25) is 0 Å². The van der Waals surface area contributed by atoms with Gasteiger partial charge in [-0.25, -0.2) is 8.42 Å². The Hall–Kier alpha value is -2.84. The van der Waals surface area contributed by atoms with E-state index in [0.29, 0.717) is 17.9 Å². The second-order valence-electron chi connectivity index (χ2n) is 6.18. The van der Waals surface area contributed by atoms with E-state index in [2.05, 4.69) is 11.9 Å². The molecule has 8 heteroatoms. The number of hydrogen-bond acceptors (Lipinski definition) is 5. The predicted molar refractivity (Wildman–Crippen MR) is 112 cm³/mol. The van der Waals surface area contributed by atoms with E-state index in [1.807, 2.05) is 30.3 Å². The van der Waals surface area contributed by atoms with Crippen LogP contribution in [0.5, 0.6) is 11.5 Å². The Morgan fingerprint density at radius 3 is 2.41 bits per heavy atom. The van der Waals surface area contributed by atoms with Gasteiger partial charge in [0, 0.05) is 19.2 Å². The fourth-order valence-electron chi connectivity index (χ4n) is 2.71. The molecule has 2 rings (SSSR count). The number of sulfonamides is 1. The van der Waals surface area contributed by atoms with E-state index in [1.54, 1.807) is 0 Å². The van der Waals surface area contributed by atoms with Gasteiger partial charge in [0.05, 0.1) is 25.7 Å². The summed E-state index contributed by atoms with van der Waals surface area (Å²) in [5.74, 6) is 0.320. The molecule has 0 saturated heterocycles. The molecule has 0 heterocycles. The molecule has 0 aliphatic rings. The van der Waals surface area contributed by atoms with Crippen molar-refractivity contribution in [3.63, 3.8) is 0 Å². The van der Waals surface area contributed by atoms with Crippen LogP contribution in [0.3, 0.4) is 0 Å². The van der Waals surface area contributed by atoms with Crippen molar-refractivity contribution < 1.29 is 22.7 Å². The van der Waals surface area contributed by atoms with Crippen molar-refractivity contribution in [3.05, 3.63) is 66.7 Å². The average Bonchev–Trinajstić information content (AvgIpc) is 2.75. The summed E-state index contributed by atoms with van der Waals surface area (Å²) in [6, 6.07) is 13.9. The summed E-state index contributed by atoms with van der Waals surface area (Å²) in [7, 11) is -1.03. The van der Waals surface area contributed by atoms with Crippen molar-refractivity contribution in [2.45, 2.75) is 11.3 Å². The van der Waals surface area contributed by atoms with E-state index in [1.165, 1.54) is 42.8 Å². The van der Waals surface area contributed by atoms with Gasteiger partial charge in [-0.05, 0) is 24.1 Å². The van der Waals surface area contributed by atoms with Gasteiger partial charge in [-0.2, -0.15) is 4.31 Å². The van der Waals surface area contributed by atoms with Gasteiger partial charge in [0.2, 0.25) is 15.9 Å². The zero-order chi connectivity index (χ0) is 21.3. The second-order valence-corrected chi connectivity index (χ2v) is 8.12. The maximum atomic E-state index is 13.3. The molecule has 0 unspecified atom stereocenters. The molecule has 0 atom stereocenters. The minimum absolute atomic E-state index is 0.0275. The first kappa shape index (κ1) is 22.4. The van der Waals surface area contributed by atoms with E-state index < -0.39 is 15.9 Å². The Labute approximate surface area is 172 Å². The third kappa shape index (κ3) is 6.07. The van der Waals surface area contributed by atoms with Crippen molar-refractivity contribution in [2.75, 3.05) is 33.9 Å². The SMILES string of the molecule is C=CCNC(=O)CN(CCc1ccccc1)S(=O)(=O)c1ccc(OC)c(OC)c1. The number of amides is 1. The van der Waals surface area contributed by atoms with E-state index in [0.717, 1.165) is 5.56 Å². The topological polar surface area (TPSA) is 84.9 Å². The molecule has 0 spiro atoms. The first-order chi connectivity index (χ1) is 13.9. The Morgan fingerprint density at radius 2 is 1.79 bits per heavy atom. The van der Waals surface area contributed by atoms with Crippen LogP contribution in [0.4, 0.5) is 0 Å². The van der Waals surface area contributed by atoms with Crippen molar-refractivity contribution in [1.82, 2.24) is 9.62 Å². The number of ether oxygens (including phenoxy) is 2. The molecule has 0 radical (unpaired) electrons. The lowest BCUT2D eigenvalue weighted by Crippen LogP contribution is -2.41. The summed E-state index contributed by atoms with van der Waals surface area (Å²) >= 11 is 0. The van der Waals surface area contributed by atoms with Crippen LogP contribution in [0.25, 0.3) is 0 Å². The first-order valence-corrected chi connectivity index (χ1v) is 10.5. The van der Waals surface area contributed by atoms with Gasteiger partial charge in [0.1, 0.15) is 0 Å². The number of rotatable bonds is 11. The molecule has 0 aliphatic carbocycles. The number of benzene rings is 2. The number of methoxy groups -OCH3 is 2. The first-order valence-electron chi connectivity index (χ1n) is 9.06. The summed E-state index contributed by atoms with van der Waals surface area (Å²) in [5.41, 5.74) is 0.978. The van der Waals surface area contributed by atoms with Crippen molar-refractivity contribution in [1.29, 1.82) is 0 Å². The fraction of sp³-hybridized carbons (Fsp3) is 0.286. The number of hydrogen-bond donors (Lipinski definition) is 1. The largest absolute Gasteiger partial charge is 0.493 e. The lowest BCUT2D eigenvalue weighted by Gasteiger charge is -2.22. The van der Waals surface area contributed by atoms with Crippen molar-refractivity contribution in [2.24, 2.45) is 0 Å². The highest BCUT2D eigenvalue weighted by molar-refractivity contribution is 7.89. The number of carbonyl (C=O) groups excluding carboxylic acids is 1. The fourth-order valence-corrected chi connectivity index (χ4v) is 4.12. The second kappa shape index (κ2) is 10.6. The number of nitrogens with zero attached hydrogens (tertiary/aromatic N) is 1. The molecule has 2 aromatic carbocycles. The Kier molecular flexibility index (Phi) is 8.23. The third-order valence-corrected chi connectivity index (χ3v) is 6.09. The maximum Gasteiger partial charge on any atom is 0.243 e. The molecule has 7 nitrogen and oxygen atoms in total. The molecule has 0 saturated carbocycles. The van der Waals surface area contributed by atoms with Gasteiger partial charge in [0.15, 0.2) is 11.5 Å². The number of carbonyl (C=O) groups is 1. The average molecular weight is 419 g/mol. The molecule has 1 N–H and O–H groups in total. The molecule has 0 fully saturated rings. The summed E-state index contributed by atoms with van der Waals surface area (Å²) in [5, 5.41) is 2.62. The maximum absolute atomic E-state index is 13.3. The molecule has 0 aliphatic heterocycles. The zero-order valence-electron chi connectivity index (χ0n) is 16.6. The molecule has 0 bridgehead atoms. The minimum Gasteiger partial charge on any atom is -0.493 e. The molecular formula is C21H26N2O5S. The van der Waals surface area contributed by atoms with Gasteiger partial charge in [-0.15, -0.1) is 6.58 Å². The molecule has 1 amide bonds. The summed E-state index contributed by atoms with van der Waals surface area (Å²) in [6.07, 6.45) is 2.01. The predicted octanol–water partition coefficient (Wildman–Crippen LogP) is 2.24. The minimum atomic E-state index is -3.94. The smallest absolute Gasteiger partial charge is 0.243 e. The van der Waals surface area contributed by atoms with Gasteiger partial charge < -0.3 is 14.8 Å². The normalized spacial score (nSPS) is 11.1. The summed E-state index contributed by atoms with van der Waals surface area (Å²) in [6.45, 7) is 3.67. The van der Waals surface area contributed by atoms with Crippen LogP contribution in [-0.2, 0) is 21.2 Å². The Bertz CT molecular complexity index is 929. The molecule has 2 aromatic rings. The van der Waals surface area contributed by atoms with Crippen molar-refractivity contribution >= 4 is 15.9 Å². The molecular weight excluding hydrogens is 392 g/mol. The highest BCUT2D eigenvalue weighted by atomic mass is 32.2. The van der Waals surface area contributed by atoms with Crippen LogP contribution < -0.4 is 14.8 Å². The lowest BCUT2D eigenvalue weighted by molar-refractivity contribution is -0.121. The summed E-state index contributed by atoms with van der Waals surface area (Å²) in [4.78, 5) is 12.2. The van der Waals surface area contributed by atoms with E-state index in [-0.39, 0.29) is 24.5 Å². The van der Waals surface area contributed by atoms with Crippen molar-refractivity contribution in [3.8, 4) is 11.5 Å². The number of nitrogens with one attached hydrogen (secondary N) is 1. The van der Waals surface area contributed by atoms with Gasteiger partial charge in [-0.3, -0.25) is 4.79 Å². The van der Waals surface area contributed by atoms with Gasteiger partial charge >= 0.3 is 0 Å². The van der Waals surface area contributed by atoms with Crippen LogP contribution in [0.1, 0.15) is 5.56 Å². The van der Waals surface area contributed by atoms with Crippen LogP contribution in [-0.4, -0.2) is 52.5 Å². The van der Waals surface area contributed by atoms with Gasteiger partial charge in [-0.1, -0.05) is 36.4 Å². The van der Waals surface area contributed by atoms with E-state index in [9.17, 15) is 13.2 Å². The molecule has 0 aromatic heterocycles.